The average Bonchev–Trinajstić information content (AvgIpc) is 2.66. The zero-order valence-electron chi connectivity index (χ0n) is 15.6. The summed E-state index contributed by atoms with van der Waals surface area (Å²) in [5.41, 5.74) is 1.29. The van der Waals surface area contributed by atoms with E-state index in [1.165, 1.54) is 23.1 Å². The first-order valence-electron chi connectivity index (χ1n) is 8.89. The third-order valence-electron chi connectivity index (χ3n) is 4.20. The number of alkyl halides is 3. The van der Waals surface area contributed by atoms with Gasteiger partial charge in [-0.25, -0.2) is 0 Å². The number of anilines is 2. The Morgan fingerprint density at radius 3 is 2.76 bits per heavy atom. The molecule has 1 N–H and O–H groups in total. The second kappa shape index (κ2) is 8.42. The summed E-state index contributed by atoms with van der Waals surface area (Å²) in [7, 11) is 0. The van der Waals surface area contributed by atoms with E-state index in [-0.39, 0.29) is 24.7 Å². The Morgan fingerprint density at radius 2 is 2.03 bits per heavy atom. The molecule has 2 aromatic rings. The van der Waals surface area contributed by atoms with Crippen LogP contribution in [0.3, 0.4) is 0 Å². The number of nitrogens with one attached hydrogen (secondary N) is 1. The maximum atomic E-state index is 12.5. The van der Waals surface area contributed by atoms with E-state index < -0.39 is 12.1 Å². The first-order chi connectivity index (χ1) is 13.7. The van der Waals surface area contributed by atoms with Gasteiger partial charge in [0.1, 0.15) is 11.5 Å². The number of hydrogen-bond acceptors (Lipinski definition) is 4. The molecule has 29 heavy (non-hydrogen) atoms. The van der Waals surface area contributed by atoms with Gasteiger partial charge in [-0.1, -0.05) is 12.1 Å². The number of carbonyl (C=O) groups is 2. The highest BCUT2D eigenvalue weighted by Gasteiger charge is 2.39. The van der Waals surface area contributed by atoms with E-state index in [0.717, 1.165) is 11.3 Å². The molecule has 0 unspecified atom stereocenters. The van der Waals surface area contributed by atoms with Gasteiger partial charge in [-0.3, -0.25) is 9.59 Å². The summed E-state index contributed by atoms with van der Waals surface area (Å²) >= 11 is 0. The molecular weight excluding hydrogens is 389 g/mol. The zero-order valence-corrected chi connectivity index (χ0v) is 15.6. The number of nitrogens with zero attached hydrogens (tertiary/aromatic N) is 1. The Hall–Kier alpha value is -3.23. The summed E-state index contributed by atoms with van der Waals surface area (Å²) in [5, 5.41) is 1.78. The SMILES string of the molecule is Cc1cccc(OCCCN2C(=O)COc3ccc(NC(=O)C(F)(F)F)cc32)c1. The highest BCUT2D eigenvalue weighted by molar-refractivity contribution is 6.00. The fourth-order valence-electron chi connectivity index (χ4n) is 2.84. The number of aryl methyl sites for hydroxylation is 1. The van der Waals surface area contributed by atoms with E-state index in [4.69, 9.17) is 9.47 Å². The molecule has 0 saturated carbocycles. The lowest BCUT2D eigenvalue weighted by atomic mass is 10.2. The van der Waals surface area contributed by atoms with Gasteiger partial charge < -0.3 is 19.7 Å². The minimum atomic E-state index is -5.00. The molecule has 1 aliphatic rings. The van der Waals surface area contributed by atoms with Crippen molar-refractivity contribution >= 4 is 23.2 Å². The predicted molar refractivity (Wildman–Crippen MR) is 100 cm³/mol. The molecule has 1 heterocycles. The summed E-state index contributed by atoms with van der Waals surface area (Å²) in [6, 6.07) is 11.6. The minimum absolute atomic E-state index is 0.0783. The molecule has 2 aromatic carbocycles. The highest BCUT2D eigenvalue weighted by atomic mass is 19.4. The van der Waals surface area contributed by atoms with Gasteiger partial charge in [-0.2, -0.15) is 13.2 Å². The van der Waals surface area contributed by atoms with Gasteiger partial charge in [0.25, 0.3) is 5.91 Å². The van der Waals surface area contributed by atoms with Crippen LogP contribution in [0, 0.1) is 6.92 Å². The largest absolute Gasteiger partial charge is 0.494 e. The Balaban J connectivity index is 1.66. The third-order valence-corrected chi connectivity index (χ3v) is 4.20. The van der Waals surface area contributed by atoms with E-state index in [2.05, 4.69) is 0 Å². The maximum absolute atomic E-state index is 12.5. The topological polar surface area (TPSA) is 67.9 Å². The normalized spacial score (nSPS) is 13.5. The van der Waals surface area contributed by atoms with Crippen LogP contribution in [-0.4, -0.2) is 37.7 Å². The van der Waals surface area contributed by atoms with Crippen LogP contribution < -0.4 is 19.7 Å². The molecule has 0 fully saturated rings. The molecular formula is C20H19F3N2O4. The van der Waals surface area contributed by atoms with Crippen LogP contribution >= 0.6 is 0 Å². The lowest BCUT2D eigenvalue weighted by Gasteiger charge is -2.30. The maximum Gasteiger partial charge on any atom is 0.471 e. The van der Waals surface area contributed by atoms with Gasteiger partial charge >= 0.3 is 12.1 Å². The smallest absolute Gasteiger partial charge is 0.471 e. The van der Waals surface area contributed by atoms with Crippen LogP contribution in [0.2, 0.25) is 0 Å². The number of halogens is 3. The summed E-state index contributed by atoms with van der Waals surface area (Å²) in [5.74, 6) is -1.34. The van der Waals surface area contributed by atoms with Gasteiger partial charge in [0.15, 0.2) is 6.61 Å². The number of fused-ring (bicyclic) bond motifs is 1. The molecule has 6 nitrogen and oxygen atoms in total. The van der Waals surface area contributed by atoms with E-state index in [0.29, 0.717) is 24.5 Å². The van der Waals surface area contributed by atoms with E-state index >= 15 is 0 Å². The van der Waals surface area contributed by atoms with Crippen molar-refractivity contribution in [3.05, 3.63) is 48.0 Å². The summed E-state index contributed by atoms with van der Waals surface area (Å²) in [6.07, 6.45) is -4.51. The molecule has 0 aromatic heterocycles. The first-order valence-corrected chi connectivity index (χ1v) is 8.89. The number of carbonyl (C=O) groups excluding carboxylic acids is 2. The van der Waals surface area contributed by atoms with Gasteiger partial charge in [0.05, 0.1) is 12.3 Å². The fourth-order valence-corrected chi connectivity index (χ4v) is 2.84. The highest BCUT2D eigenvalue weighted by Crippen LogP contribution is 2.35. The van der Waals surface area contributed by atoms with Gasteiger partial charge in [-0.05, 0) is 49.2 Å². The van der Waals surface area contributed by atoms with Crippen molar-refractivity contribution in [2.24, 2.45) is 0 Å². The quantitative estimate of drug-likeness (QED) is 0.741. The molecule has 0 radical (unpaired) electrons. The van der Waals surface area contributed by atoms with E-state index in [9.17, 15) is 22.8 Å². The van der Waals surface area contributed by atoms with Gasteiger partial charge in [0, 0.05) is 12.2 Å². The molecule has 3 rings (SSSR count). The van der Waals surface area contributed by atoms with Gasteiger partial charge in [-0.15, -0.1) is 0 Å². The van der Waals surface area contributed by atoms with Gasteiger partial charge in [0.2, 0.25) is 0 Å². The molecule has 154 valence electrons. The van der Waals surface area contributed by atoms with Crippen molar-refractivity contribution in [1.82, 2.24) is 0 Å². The van der Waals surface area contributed by atoms with Crippen LogP contribution in [0.1, 0.15) is 12.0 Å². The van der Waals surface area contributed by atoms with Crippen LogP contribution in [0.4, 0.5) is 24.5 Å². The third kappa shape index (κ3) is 5.18. The van der Waals surface area contributed by atoms with E-state index in [1.54, 1.807) is 5.32 Å². The predicted octanol–water partition coefficient (Wildman–Crippen LogP) is 3.69. The van der Waals surface area contributed by atoms with Crippen molar-refractivity contribution in [2.75, 3.05) is 30.0 Å². The zero-order chi connectivity index (χ0) is 21.0. The second-order valence-electron chi connectivity index (χ2n) is 6.49. The Labute approximate surface area is 165 Å². The Kier molecular flexibility index (Phi) is 5.95. The van der Waals surface area contributed by atoms with Crippen molar-refractivity contribution < 1.29 is 32.2 Å². The molecule has 9 heteroatoms. The van der Waals surface area contributed by atoms with Crippen LogP contribution in [0.5, 0.6) is 11.5 Å². The second-order valence-corrected chi connectivity index (χ2v) is 6.49. The summed E-state index contributed by atoms with van der Waals surface area (Å²) < 4.78 is 48.4. The molecule has 1 aliphatic heterocycles. The number of amides is 2. The first kappa shape index (κ1) is 20.5. The Bertz CT molecular complexity index is 915. The summed E-state index contributed by atoms with van der Waals surface area (Å²) in [6.45, 7) is 2.43. The van der Waals surface area contributed by atoms with Crippen molar-refractivity contribution in [3.8, 4) is 11.5 Å². The lowest BCUT2D eigenvalue weighted by Crippen LogP contribution is -2.40. The van der Waals surface area contributed by atoms with Crippen molar-refractivity contribution in [1.29, 1.82) is 0 Å². The number of rotatable bonds is 6. The molecule has 0 aliphatic carbocycles. The standard InChI is InChI=1S/C20H19F3N2O4/c1-13-4-2-5-15(10-13)28-9-3-8-25-16-11-14(24-19(27)20(21,22)23)6-7-17(16)29-12-18(25)26/h2,4-7,10-11H,3,8-9,12H2,1H3,(H,24,27). The lowest BCUT2D eigenvalue weighted by molar-refractivity contribution is -0.167. The molecule has 0 spiro atoms. The molecule has 0 saturated heterocycles. The minimum Gasteiger partial charge on any atom is -0.494 e. The Morgan fingerprint density at radius 1 is 1.24 bits per heavy atom. The fraction of sp³-hybridized carbons (Fsp3) is 0.300. The average molecular weight is 408 g/mol. The van der Waals surface area contributed by atoms with Crippen molar-refractivity contribution in [3.63, 3.8) is 0 Å². The number of hydrogen-bond donors (Lipinski definition) is 1. The molecule has 2 amide bonds. The van der Waals surface area contributed by atoms with Crippen LogP contribution in [-0.2, 0) is 9.59 Å². The van der Waals surface area contributed by atoms with Crippen LogP contribution in [0.25, 0.3) is 0 Å². The van der Waals surface area contributed by atoms with Crippen LogP contribution in [0.15, 0.2) is 42.5 Å². The monoisotopic (exact) mass is 408 g/mol. The number of ether oxygens (including phenoxy) is 2. The van der Waals surface area contributed by atoms with Crippen molar-refractivity contribution in [2.45, 2.75) is 19.5 Å². The summed E-state index contributed by atoms with van der Waals surface area (Å²) in [4.78, 5) is 24.8. The molecule has 0 atom stereocenters. The number of benzene rings is 2. The van der Waals surface area contributed by atoms with E-state index in [1.807, 2.05) is 31.2 Å². The molecule has 0 bridgehead atoms.